The molecule has 1 heterocycles. The Labute approximate surface area is 104 Å². The van der Waals surface area contributed by atoms with Gasteiger partial charge in [-0.05, 0) is 50.2 Å². The minimum Gasteiger partial charge on any atom is -0.368 e. The molecule has 3 atom stereocenters. The van der Waals surface area contributed by atoms with Crippen molar-refractivity contribution in [2.24, 2.45) is 11.7 Å². The minimum absolute atomic E-state index is 0.246. The predicted molar refractivity (Wildman–Crippen MR) is 72.3 cm³/mol. The summed E-state index contributed by atoms with van der Waals surface area (Å²) in [5, 5.41) is 0. The number of benzene rings is 1. The van der Waals surface area contributed by atoms with Gasteiger partial charge < -0.3 is 10.6 Å². The molecule has 1 aromatic carbocycles. The van der Waals surface area contributed by atoms with Crippen LogP contribution in [0.5, 0.6) is 0 Å². The van der Waals surface area contributed by atoms with Crippen LogP contribution in [-0.4, -0.2) is 18.6 Å². The molecule has 2 nitrogen and oxygen atoms in total. The topological polar surface area (TPSA) is 29.3 Å². The van der Waals surface area contributed by atoms with Crippen LogP contribution in [0.25, 0.3) is 0 Å². The fraction of sp³-hybridized carbons (Fsp3) is 0.600. The van der Waals surface area contributed by atoms with E-state index in [9.17, 15) is 0 Å². The van der Waals surface area contributed by atoms with Crippen LogP contribution in [0.15, 0.2) is 24.3 Å². The number of rotatable bonds is 3. The zero-order valence-electron chi connectivity index (χ0n) is 10.6. The molecule has 17 heavy (non-hydrogen) atoms. The summed E-state index contributed by atoms with van der Waals surface area (Å²) >= 11 is 0. The average Bonchev–Trinajstić information content (AvgIpc) is 2.90. The summed E-state index contributed by atoms with van der Waals surface area (Å²) in [6.07, 6.45) is 5.23. The van der Waals surface area contributed by atoms with E-state index in [4.69, 9.17) is 5.73 Å². The van der Waals surface area contributed by atoms with Crippen molar-refractivity contribution in [2.75, 3.05) is 11.4 Å². The van der Waals surface area contributed by atoms with Crippen LogP contribution >= 0.6 is 0 Å². The van der Waals surface area contributed by atoms with Gasteiger partial charge in [0.25, 0.3) is 0 Å². The molecule has 2 fully saturated rings. The molecular weight excluding hydrogens is 208 g/mol. The fourth-order valence-corrected chi connectivity index (χ4v) is 3.53. The largest absolute Gasteiger partial charge is 0.368 e. The number of hydrogen-bond donors (Lipinski definition) is 1. The second-order valence-electron chi connectivity index (χ2n) is 5.80. The highest BCUT2D eigenvalue weighted by molar-refractivity contribution is 5.56. The summed E-state index contributed by atoms with van der Waals surface area (Å²) in [5.41, 5.74) is 8.82. The summed E-state index contributed by atoms with van der Waals surface area (Å²) < 4.78 is 0. The van der Waals surface area contributed by atoms with Crippen LogP contribution in [0.4, 0.5) is 5.69 Å². The van der Waals surface area contributed by atoms with Gasteiger partial charge in [0.2, 0.25) is 0 Å². The molecule has 2 bridgehead atoms. The quantitative estimate of drug-likeness (QED) is 0.864. The first-order valence-electron chi connectivity index (χ1n) is 6.84. The molecule has 0 radical (unpaired) electrons. The molecular formula is C15H22N2. The lowest BCUT2D eigenvalue weighted by atomic mass is 10.0. The maximum absolute atomic E-state index is 5.95. The smallest absolute Gasteiger partial charge is 0.0401 e. The zero-order valence-corrected chi connectivity index (χ0v) is 10.6. The SMILES string of the molecule is CC(N)Cc1ccccc1N1CC2CCC1C2. The summed E-state index contributed by atoms with van der Waals surface area (Å²) in [6, 6.07) is 9.86. The highest BCUT2D eigenvalue weighted by Crippen LogP contribution is 2.41. The highest BCUT2D eigenvalue weighted by atomic mass is 15.2. The Bertz CT molecular complexity index is 400. The van der Waals surface area contributed by atoms with Crippen molar-refractivity contribution in [3.8, 4) is 0 Å². The Morgan fingerprint density at radius 2 is 2.18 bits per heavy atom. The van der Waals surface area contributed by atoms with Crippen molar-refractivity contribution in [3.63, 3.8) is 0 Å². The first kappa shape index (κ1) is 11.1. The number of nitrogens with two attached hydrogens (primary N) is 1. The van der Waals surface area contributed by atoms with Crippen LogP contribution < -0.4 is 10.6 Å². The van der Waals surface area contributed by atoms with Gasteiger partial charge in [0, 0.05) is 24.3 Å². The standard InChI is InChI=1S/C15H22N2/c1-11(16)8-13-4-2-3-5-15(13)17-10-12-6-7-14(17)9-12/h2-5,11-12,14H,6-10,16H2,1H3. The van der Waals surface area contributed by atoms with Crippen molar-refractivity contribution in [3.05, 3.63) is 29.8 Å². The molecule has 3 rings (SSSR count). The Hall–Kier alpha value is -1.02. The van der Waals surface area contributed by atoms with E-state index in [-0.39, 0.29) is 6.04 Å². The van der Waals surface area contributed by atoms with Gasteiger partial charge in [-0.3, -0.25) is 0 Å². The van der Waals surface area contributed by atoms with Crippen LogP contribution in [-0.2, 0) is 6.42 Å². The predicted octanol–water partition coefficient (Wildman–Crippen LogP) is 2.57. The third kappa shape index (κ3) is 2.06. The molecule has 1 aliphatic carbocycles. The van der Waals surface area contributed by atoms with Gasteiger partial charge >= 0.3 is 0 Å². The lowest BCUT2D eigenvalue weighted by molar-refractivity contribution is 0.552. The van der Waals surface area contributed by atoms with Crippen LogP contribution in [0.1, 0.15) is 31.7 Å². The summed E-state index contributed by atoms with van der Waals surface area (Å²) in [4.78, 5) is 2.63. The van der Waals surface area contributed by atoms with Crippen molar-refractivity contribution in [1.29, 1.82) is 0 Å². The van der Waals surface area contributed by atoms with Crippen molar-refractivity contribution < 1.29 is 0 Å². The molecule has 1 aliphatic heterocycles. The Morgan fingerprint density at radius 3 is 2.82 bits per heavy atom. The second kappa shape index (κ2) is 4.34. The molecule has 0 spiro atoms. The van der Waals surface area contributed by atoms with Gasteiger partial charge in [0.1, 0.15) is 0 Å². The summed E-state index contributed by atoms with van der Waals surface area (Å²) in [7, 11) is 0. The fourth-order valence-electron chi connectivity index (χ4n) is 3.53. The van der Waals surface area contributed by atoms with E-state index in [2.05, 4.69) is 36.1 Å². The van der Waals surface area contributed by atoms with Crippen LogP contribution in [0.2, 0.25) is 0 Å². The van der Waals surface area contributed by atoms with E-state index in [1.807, 2.05) is 0 Å². The second-order valence-corrected chi connectivity index (χ2v) is 5.80. The number of para-hydroxylation sites is 1. The van der Waals surface area contributed by atoms with Gasteiger partial charge in [0.15, 0.2) is 0 Å². The Balaban J connectivity index is 1.87. The first-order valence-corrected chi connectivity index (χ1v) is 6.84. The number of anilines is 1. The lowest BCUT2D eigenvalue weighted by Gasteiger charge is -2.31. The Kier molecular flexibility index (Phi) is 2.83. The van der Waals surface area contributed by atoms with Crippen molar-refractivity contribution in [2.45, 2.75) is 44.7 Å². The molecule has 0 amide bonds. The molecule has 2 aliphatic rings. The van der Waals surface area contributed by atoms with Gasteiger partial charge in [-0.15, -0.1) is 0 Å². The van der Waals surface area contributed by atoms with Gasteiger partial charge in [-0.1, -0.05) is 18.2 Å². The van der Waals surface area contributed by atoms with E-state index in [0.29, 0.717) is 0 Å². The van der Waals surface area contributed by atoms with E-state index >= 15 is 0 Å². The minimum atomic E-state index is 0.246. The highest BCUT2D eigenvalue weighted by Gasteiger charge is 2.38. The van der Waals surface area contributed by atoms with E-state index in [0.717, 1.165) is 18.4 Å². The molecule has 2 N–H and O–H groups in total. The van der Waals surface area contributed by atoms with Crippen LogP contribution in [0, 0.1) is 5.92 Å². The van der Waals surface area contributed by atoms with Crippen molar-refractivity contribution in [1.82, 2.24) is 0 Å². The third-order valence-corrected chi connectivity index (χ3v) is 4.25. The average molecular weight is 230 g/mol. The normalized spacial score (nSPS) is 28.7. The van der Waals surface area contributed by atoms with E-state index in [1.54, 1.807) is 0 Å². The van der Waals surface area contributed by atoms with Gasteiger partial charge in [-0.25, -0.2) is 0 Å². The lowest BCUT2D eigenvalue weighted by Crippen LogP contribution is -2.33. The Morgan fingerprint density at radius 1 is 1.35 bits per heavy atom. The molecule has 2 heteroatoms. The number of nitrogens with zero attached hydrogens (tertiary/aromatic N) is 1. The molecule has 92 valence electrons. The summed E-state index contributed by atoms with van der Waals surface area (Å²) in [6.45, 7) is 3.35. The molecule has 1 aromatic rings. The third-order valence-electron chi connectivity index (χ3n) is 4.25. The molecule has 1 saturated carbocycles. The summed E-state index contributed by atoms with van der Waals surface area (Å²) in [5.74, 6) is 0.948. The zero-order chi connectivity index (χ0) is 11.8. The number of hydrogen-bond acceptors (Lipinski definition) is 2. The first-order chi connectivity index (χ1) is 8.24. The molecule has 1 saturated heterocycles. The van der Waals surface area contributed by atoms with Crippen molar-refractivity contribution >= 4 is 5.69 Å². The maximum Gasteiger partial charge on any atom is 0.0401 e. The number of fused-ring (bicyclic) bond motifs is 2. The van der Waals surface area contributed by atoms with E-state index in [1.165, 1.54) is 37.1 Å². The monoisotopic (exact) mass is 230 g/mol. The maximum atomic E-state index is 5.95. The molecule has 3 unspecified atom stereocenters. The van der Waals surface area contributed by atoms with Gasteiger partial charge in [-0.2, -0.15) is 0 Å². The van der Waals surface area contributed by atoms with E-state index < -0.39 is 0 Å². The van der Waals surface area contributed by atoms with Crippen LogP contribution in [0.3, 0.4) is 0 Å². The molecule has 0 aromatic heterocycles. The number of piperidine rings is 1. The van der Waals surface area contributed by atoms with Gasteiger partial charge in [0.05, 0.1) is 0 Å².